The average molecular weight is 252 g/mol. The first kappa shape index (κ1) is 15.0. The number of hydrogen-bond acceptors (Lipinski definition) is 3. The van der Waals surface area contributed by atoms with Gasteiger partial charge < -0.3 is 9.64 Å². The van der Waals surface area contributed by atoms with Crippen molar-refractivity contribution in [2.45, 2.75) is 58.2 Å². The van der Waals surface area contributed by atoms with Crippen LogP contribution in [0, 0.1) is 17.2 Å². The van der Waals surface area contributed by atoms with Crippen molar-refractivity contribution in [3.05, 3.63) is 0 Å². The molecule has 18 heavy (non-hydrogen) atoms. The molecule has 0 saturated heterocycles. The minimum absolute atomic E-state index is 0.00602. The van der Waals surface area contributed by atoms with Gasteiger partial charge in [-0.25, -0.2) is 0 Å². The van der Waals surface area contributed by atoms with E-state index in [2.05, 4.69) is 6.07 Å². The van der Waals surface area contributed by atoms with Gasteiger partial charge in [0, 0.05) is 13.6 Å². The van der Waals surface area contributed by atoms with Crippen LogP contribution < -0.4 is 0 Å². The van der Waals surface area contributed by atoms with Crippen molar-refractivity contribution in [3.8, 4) is 6.07 Å². The van der Waals surface area contributed by atoms with E-state index in [9.17, 15) is 4.79 Å². The lowest BCUT2D eigenvalue weighted by atomic mass is 10.1. The number of carbonyl (C=O) groups excluding carboxylic acids is 1. The van der Waals surface area contributed by atoms with Crippen LogP contribution in [0.3, 0.4) is 0 Å². The molecule has 0 aliphatic heterocycles. The highest BCUT2D eigenvalue weighted by atomic mass is 16.5. The maximum atomic E-state index is 12.2. The van der Waals surface area contributed by atoms with Crippen molar-refractivity contribution in [2.75, 3.05) is 13.6 Å². The van der Waals surface area contributed by atoms with E-state index in [1.165, 1.54) is 12.8 Å². The Kier molecular flexibility index (Phi) is 6.14. The smallest absolute Gasteiger partial charge is 0.251 e. The van der Waals surface area contributed by atoms with E-state index in [0.717, 1.165) is 12.8 Å². The Morgan fingerprint density at radius 2 is 2.11 bits per heavy atom. The molecule has 0 N–H and O–H groups in total. The van der Waals surface area contributed by atoms with Crippen molar-refractivity contribution >= 4 is 5.91 Å². The summed E-state index contributed by atoms with van der Waals surface area (Å²) in [4.78, 5) is 13.8. The molecule has 1 aliphatic rings. The molecule has 0 aromatic heterocycles. The summed E-state index contributed by atoms with van der Waals surface area (Å²) in [6.07, 6.45) is 5.16. The van der Waals surface area contributed by atoms with Crippen LogP contribution in [0.2, 0.25) is 0 Å². The lowest BCUT2D eigenvalue weighted by Gasteiger charge is -2.26. The molecule has 4 heteroatoms. The lowest BCUT2D eigenvalue weighted by molar-refractivity contribution is -0.146. The van der Waals surface area contributed by atoms with Crippen LogP contribution in [0.5, 0.6) is 0 Å². The zero-order valence-electron chi connectivity index (χ0n) is 11.7. The SMILES string of the molecule is CC[C@H](OC1CCCC1)C(=O)N(C)C[C@@H](C)C#N. The zero-order chi connectivity index (χ0) is 13.5. The van der Waals surface area contributed by atoms with Gasteiger partial charge in [-0.3, -0.25) is 4.79 Å². The summed E-state index contributed by atoms with van der Waals surface area (Å²) in [7, 11) is 1.75. The summed E-state index contributed by atoms with van der Waals surface area (Å²) in [5.74, 6) is -0.130. The molecule has 4 nitrogen and oxygen atoms in total. The molecule has 0 unspecified atom stereocenters. The summed E-state index contributed by atoms with van der Waals surface area (Å²) in [5.41, 5.74) is 0. The summed E-state index contributed by atoms with van der Waals surface area (Å²) >= 11 is 0. The van der Waals surface area contributed by atoms with Gasteiger partial charge in [-0.15, -0.1) is 0 Å². The van der Waals surface area contributed by atoms with E-state index < -0.39 is 0 Å². The molecular weight excluding hydrogens is 228 g/mol. The van der Waals surface area contributed by atoms with Crippen LogP contribution in [0.4, 0.5) is 0 Å². The Balaban J connectivity index is 2.47. The number of rotatable bonds is 6. The monoisotopic (exact) mass is 252 g/mol. The van der Waals surface area contributed by atoms with Gasteiger partial charge in [0.15, 0.2) is 0 Å². The van der Waals surface area contributed by atoms with Crippen molar-refractivity contribution < 1.29 is 9.53 Å². The third-order valence-corrected chi connectivity index (χ3v) is 3.45. The van der Waals surface area contributed by atoms with E-state index in [4.69, 9.17) is 10.00 Å². The Bertz CT molecular complexity index is 305. The van der Waals surface area contributed by atoms with E-state index >= 15 is 0 Å². The highest BCUT2D eigenvalue weighted by Crippen LogP contribution is 2.23. The number of nitriles is 1. The maximum Gasteiger partial charge on any atom is 0.251 e. The molecule has 1 fully saturated rings. The number of nitrogens with zero attached hydrogens (tertiary/aromatic N) is 2. The second-order valence-corrected chi connectivity index (χ2v) is 5.19. The third-order valence-electron chi connectivity index (χ3n) is 3.45. The first-order valence-corrected chi connectivity index (χ1v) is 6.88. The van der Waals surface area contributed by atoms with Crippen molar-refractivity contribution in [1.29, 1.82) is 5.26 Å². The first-order chi connectivity index (χ1) is 8.58. The molecule has 1 amide bonds. The largest absolute Gasteiger partial charge is 0.365 e. The number of ether oxygens (including phenoxy) is 1. The van der Waals surface area contributed by atoms with Gasteiger partial charge in [-0.05, 0) is 26.2 Å². The first-order valence-electron chi connectivity index (χ1n) is 6.88. The fraction of sp³-hybridized carbons (Fsp3) is 0.857. The van der Waals surface area contributed by atoms with Crippen LogP contribution in [0.1, 0.15) is 46.0 Å². The second-order valence-electron chi connectivity index (χ2n) is 5.19. The van der Waals surface area contributed by atoms with Gasteiger partial charge in [0.1, 0.15) is 6.10 Å². The molecule has 0 bridgehead atoms. The topological polar surface area (TPSA) is 53.3 Å². The van der Waals surface area contributed by atoms with E-state index in [1.807, 2.05) is 13.8 Å². The number of likely N-dealkylation sites (N-methyl/N-ethyl adjacent to an activating group) is 1. The molecule has 0 heterocycles. The molecular formula is C14H24N2O2. The summed E-state index contributed by atoms with van der Waals surface area (Å²) < 4.78 is 5.88. The van der Waals surface area contributed by atoms with Gasteiger partial charge in [-0.1, -0.05) is 19.8 Å². The Morgan fingerprint density at radius 1 is 1.50 bits per heavy atom. The second kappa shape index (κ2) is 7.38. The minimum atomic E-state index is -0.344. The predicted molar refractivity (Wildman–Crippen MR) is 69.8 cm³/mol. The molecule has 1 rings (SSSR count). The number of hydrogen-bond donors (Lipinski definition) is 0. The summed E-state index contributed by atoms with van der Waals surface area (Å²) in [6, 6.07) is 2.15. The average Bonchev–Trinajstić information content (AvgIpc) is 2.87. The fourth-order valence-corrected chi connectivity index (χ4v) is 2.37. The van der Waals surface area contributed by atoms with E-state index in [0.29, 0.717) is 13.0 Å². The maximum absolute atomic E-state index is 12.2. The van der Waals surface area contributed by atoms with Crippen LogP contribution >= 0.6 is 0 Å². The van der Waals surface area contributed by atoms with Gasteiger partial charge in [-0.2, -0.15) is 5.26 Å². The van der Waals surface area contributed by atoms with Crippen LogP contribution in [-0.2, 0) is 9.53 Å². The van der Waals surface area contributed by atoms with Crippen molar-refractivity contribution in [3.63, 3.8) is 0 Å². The van der Waals surface area contributed by atoms with Gasteiger partial charge in [0.25, 0.3) is 5.91 Å². The standard InChI is InChI=1S/C14H24N2O2/c1-4-13(18-12-7-5-6-8-12)14(17)16(3)10-11(2)9-15/h11-13H,4-8,10H2,1-3H3/t11-,13-/m0/s1. The Hall–Kier alpha value is -1.08. The summed E-state index contributed by atoms with van der Waals surface area (Å²) in [6.45, 7) is 4.27. The molecule has 1 saturated carbocycles. The molecule has 102 valence electrons. The summed E-state index contributed by atoms with van der Waals surface area (Å²) in [5, 5.41) is 8.77. The molecule has 1 aliphatic carbocycles. The zero-order valence-corrected chi connectivity index (χ0v) is 11.7. The van der Waals surface area contributed by atoms with Gasteiger partial charge in [0.05, 0.1) is 18.1 Å². The van der Waals surface area contributed by atoms with E-state index in [1.54, 1.807) is 11.9 Å². The quantitative estimate of drug-likeness (QED) is 0.729. The molecule has 0 spiro atoms. The number of amides is 1. The Morgan fingerprint density at radius 3 is 2.61 bits per heavy atom. The van der Waals surface area contributed by atoms with Crippen molar-refractivity contribution in [1.82, 2.24) is 4.90 Å². The third kappa shape index (κ3) is 4.30. The van der Waals surface area contributed by atoms with Crippen LogP contribution in [0.25, 0.3) is 0 Å². The van der Waals surface area contributed by atoms with Crippen LogP contribution in [-0.4, -0.2) is 36.6 Å². The van der Waals surface area contributed by atoms with Gasteiger partial charge in [0.2, 0.25) is 0 Å². The highest BCUT2D eigenvalue weighted by molar-refractivity contribution is 5.80. The highest BCUT2D eigenvalue weighted by Gasteiger charge is 2.26. The molecule has 2 atom stereocenters. The predicted octanol–water partition coefficient (Wildman–Crippen LogP) is 2.34. The number of carbonyl (C=O) groups is 1. The van der Waals surface area contributed by atoms with Gasteiger partial charge >= 0.3 is 0 Å². The Labute approximate surface area is 110 Å². The van der Waals surface area contributed by atoms with Crippen LogP contribution in [0.15, 0.2) is 0 Å². The fourth-order valence-electron chi connectivity index (χ4n) is 2.37. The molecule has 0 aromatic carbocycles. The minimum Gasteiger partial charge on any atom is -0.365 e. The molecule has 0 aromatic rings. The van der Waals surface area contributed by atoms with E-state index in [-0.39, 0.29) is 24.0 Å². The lowest BCUT2D eigenvalue weighted by Crippen LogP contribution is -2.41. The normalized spacial score (nSPS) is 19.2. The molecule has 0 radical (unpaired) electrons. The van der Waals surface area contributed by atoms with Crippen molar-refractivity contribution in [2.24, 2.45) is 5.92 Å².